The van der Waals surface area contributed by atoms with Gasteiger partial charge in [-0.2, -0.15) is 0 Å². The van der Waals surface area contributed by atoms with Crippen LogP contribution in [-0.4, -0.2) is 45.9 Å². The van der Waals surface area contributed by atoms with Crippen LogP contribution in [-0.2, 0) is 13.1 Å². The van der Waals surface area contributed by atoms with E-state index in [2.05, 4.69) is 44.0 Å². The molecule has 0 unspecified atom stereocenters. The van der Waals surface area contributed by atoms with Crippen molar-refractivity contribution in [2.24, 2.45) is 11.8 Å². The van der Waals surface area contributed by atoms with Gasteiger partial charge in [-0.05, 0) is 41.7 Å². The lowest BCUT2D eigenvalue weighted by Gasteiger charge is -2.21. The molecule has 0 aromatic carbocycles. The average molecular weight is 294 g/mol. The van der Waals surface area contributed by atoms with E-state index in [9.17, 15) is 0 Å². The molecule has 2 aliphatic heterocycles. The van der Waals surface area contributed by atoms with E-state index in [1.54, 1.807) is 0 Å². The van der Waals surface area contributed by atoms with Crippen LogP contribution < -0.4 is 0 Å². The SMILES string of the molecule is c1ccc(CN2C[C@@H]3CN(Cc4ccncc4)C[C@H]3C2)nc1. The van der Waals surface area contributed by atoms with Gasteiger partial charge in [0.15, 0.2) is 0 Å². The fourth-order valence-electron chi connectivity index (χ4n) is 3.91. The van der Waals surface area contributed by atoms with Gasteiger partial charge in [0.05, 0.1) is 5.69 Å². The number of rotatable bonds is 4. The van der Waals surface area contributed by atoms with Gasteiger partial charge >= 0.3 is 0 Å². The van der Waals surface area contributed by atoms with E-state index >= 15 is 0 Å². The van der Waals surface area contributed by atoms with E-state index in [4.69, 9.17) is 0 Å². The Bertz CT molecular complexity index is 533. The maximum atomic E-state index is 4.45. The van der Waals surface area contributed by atoms with Crippen molar-refractivity contribution in [2.45, 2.75) is 13.1 Å². The third kappa shape index (κ3) is 3.03. The summed E-state index contributed by atoms with van der Waals surface area (Å²) in [6.45, 7) is 6.95. The van der Waals surface area contributed by atoms with Crippen LogP contribution in [0.3, 0.4) is 0 Å². The molecular weight excluding hydrogens is 272 g/mol. The van der Waals surface area contributed by atoms with E-state index in [0.717, 1.165) is 24.9 Å². The summed E-state index contributed by atoms with van der Waals surface area (Å²) in [6.07, 6.45) is 5.67. The van der Waals surface area contributed by atoms with Gasteiger partial charge in [0.2, 0.25) is 0 Å². The van der Waals surface area contributed by atoms with Gasteiger partial charge in [-0.3, -0.25) is 19.8 Å². The molecule has 2 saturated heterocycles. The van der Waals surface area contributed by atoms with Crippen LogP contribution in [0, 0.1) is 11.8 Å². The van der Waals surface area contributed by atoms with Crippen molar-refractivity contribution in [1.29, 1.82) is 0 Å². The van der Waals surface area contributed by atoms with E-state index in [1.165, 1.54) is 37.4 Å². The Morgan fingerprint density at radius 3 is 2.14 bits per heavy atom. The number of fused-ring (bicyclic) bond motifs is 1. The highest BCUT2D eigenvalue weighted by atomic mass is 15.2. The standard InChI is InChI=1S/C18H22N4/c1-2-6-20-18(3-1)14-22-12-16-10-21(11-17(16)13-22)9-15-4-7-19-8-5-15/h1-8,16-17H,9-14H2/t16-,17-/m0/s1. The molecule has 0 spiro atoms. The second-order valence-corrected chi connectivity index (χ2v) is 6.58. The molecule has 0 saturated carbocycles. The second kappa shape index (κ2) is 6.15. The van der Waals surface area contributed by atoms with E-state index in [0.29, 0.717) is 0 Å². The molecule has 4 heterocycles. The zero-order valence-corrected chi connectivity index (χ0v) is 12.8. The van der Waals surface area contributed by atoms with Crippen LogP contribution in [0.15, 0.2) is 48.9 Å². The zero-order chi connectivity index (χ0) is 14.8. The summed E-state index contributed by atoms with van der Waals surface area (Å²) < 4.78 is 0. The lowest BCUT2D eigenvalue weighted by atomic mass is 10.0. The third-order valence-corrected chi connectivity index (χ3v) is 4.90. The number of nitrogens with zero attached hydrogens (tertiary/aromatic N) is 4. The molecule has 0 bridgehead atoms. The summed E-state index contributed by atoms with van der Waals surface area (Å²) in [5.74, 6) is 1.65. The molecule has 0 amide bonds. The highest BCUT2D eigenvalue weighted by molar-refractivity contribution is 5.10. The van der Waals surface area contributed by atoms with Crippen LogP contribution in [0.2, 0.25) is 0 Å². The van der Waals surface area contributed by atoms with Crippen molar-refractivity contribution in [3.63, 3.8) is 0 Å². The maximum absolute atomic E-state index is 4.45. The first kappa shape index (κ1) is 13.9. The molecular formula is C18H22N4. The van der Waals surface area contributed by atoms with E-state index in [-0.39, 0.29) is 0 Å². The first-order valence-electron chi connectivity index (χ1n) is 8.10. The molecule has 2 aromatic heterocycles. The van der Waals surface area contributed by atoms with Crippen molar-refractivity contribution in [3.8, 4) is 0 Å². The van der Waals surface area contributed by atoms with Gasteiger partial charge in [0.25, 0.3) is 0 Å². The van der Waals surface area contributed by atoms with Crippen LogP contribution in [0.1, 0.15) is 11.3 Å². The average Bonchev–Trinajstić information content (AvgIpc) is 3.07. The maximum Gasteiger partial charge on any atom is 0.0543 e. The molecule has 0 aliphatic carbocycles. The predicted molar refractivity (Wildman–Crippen MR) is 86.0 cm³/mol. The molecule has 114 valence electrons. The monoisotopic (exact) mass is 294 g/mol. The largest absolute Gasteiger partial charge is 0.298 e. The van der Waals surface area contributed by atoms with Gasteiger partial charge < -0.3 is 0 Å². The lowest BCUT2D eigenvalue weighted by Crippen LogP contribution is -2.28. The topological polar surface area (TPSA) is 32.3 Å². The fraction of sp³-hybridized carbons (Fsp3) is 0.444. The van der Waals surface area contributed by atoms with Gasteiger partial charge in [0.1, 0.15) is 0 Å². The Labute approximate surface area is 131 Å². The molecule has 4 heteroatoms. The van der Waals surface area contributed by atoms with Crippen molar-refractivity contribution in [2.75, 3.05) is 26.2 Å². The molecule has 0 radical (unpaired) electrons. The van der Waals surface area contributed by atoms with Gasteiger partial charge in [0, 0.05) is 57.9 Å². The minimum absolute atomic E-state index is 0.825. The van der Waals surface area contributed by atoms with E-state index < -0.39 is 0 Å². The second-order valence-electron chi connectivity index (χ2n) is 6.58. The van der Waals surface area contributed by atoms with Crippen molar-refractivity contribution >= 4 is 0 Å². The summed E-state index contributed by atoms with van der Waals surface area (Å²) in [5, 5.41) is 0. The van der Waals surface area contributed by atoms with Crippen molar-refractivity contribution < 1.29 is 0 Å². The number of hydrogen-bond acceptors (Lipinski definition) is 4. The predicted octanol–water partition coefficient (Wildman–Crippen LogP) is 2.04. The summed E-state index contributed by atoms with van der Waals surface area (Å²) in [4.78, 5) is 13.7. The van der Waals surface area contributed by atoms with Crippen LogP contribution >= 0.6 is 0 Å². The Hall–Kier alpha value is -1.78. The number of hydrogen-bond donors (Lipinski definition) is 0. The summed E-state index contributed by atoms with van der Waals surface area (Å²) in [5.41, 5.74) is 2.57. The van der Waals surface area contributed by atoms with Gasteiger partial charge in [-0.15, -0.1) is 0 Å². The fourth-order valence-corrected chi connectivity index (χ4v) is 3.91. The quantitative estimate of drug-likeness (QED) is 0.864. The Morgan fingerprint density at radius 2 is 1.50 bits per heavy atom. The first-order valence-corrected chi connectivity index (χ1v) is 8.10. The molecule has 2 aromatic rings. The van der Waals surface area contributed by atoms with Crippen molar-refractivity contribution in [1.82, 2.24) is 19.8 Å². The van der Waals surface area contributed by atoms with E-state index in [1.807, 2.05) is 24.7 Å². The molecule has 2 atom stereocenters. The molecule has 2 aliphatic rings. The highest BCUT2D eigenvalue weighted by Gasteiger charge is 2.39. The lowest BCUT2D eigenvalue weighted by molar-refractivity contribution is 0.245. The van der Waals surface area contributed by atoms with Crippen LogP contribution in [0.25, 0.3) is 0 Å². The summed E-state index contributed by atoms with van der Waals surface area (Å²) in [7, 11) is 0. The summed E-state index contributed by atoms with van der Waals surface area (Å²) in [6, 6.07) is 10.4. The van der Waals surface area contributed by atoms with Crippen molar-refractivity contribution in [3.05, 3.63) is 60.2 Å². The summed E-state index contributed by atoms with van der Waals surface area (Å²) >= 11 is 0. The van der Waals surface area contributed by atoms with Crippen LogP contribution in [0.5, 0.6) is 0 Å². The molecule has 2 fully saturated rings. The molecule has 4 nitrogen and oxygen atoms in total. The third-order valence-electron chi connectivity index (χ3n) is 4.90. The van der Waals surface area contributed by atoms with Gasteiger partial charge in [-0.1, -0.05) is 6.07 Å². The number of pyridine rings is 2. The van der Waals surface area contributed by atoms with Gasteiger partial charge in [-0.25, -0.2) is 0 Å². The molecule has 0 N–H and O–H groups in total. The normalized spacial score (nSPS) is 25.5. The Morgan fingerprint density at radius 1 is 0.818 bits per heavy atom. The Balaban J connectivity index is 1.31. The molecule has 22 heavy (non-hydrogen) atoms. The minimum atomic E-state index is 0.825. The smallest absolute Gasteiger partial charge is 0.0543 e. The molecule has 4 rings (SSSR count). The highest BCUT2D eigenvalue weighted by Crippen LogP contribution is 2.32. The van der Waals surface area contributed by atoms with Crippen LogP contribution in [0.4, 0.5) is 0 Å². The Kier molecular flexibility index (Phi) is 3.87. The minimum Gasteiger partial charge on any atom is -0.298 e. The zero-order valence-electron chi connectivity index (χ0n) is 12.8. The number of aromatic nitrogens is 2. The first-order chi connectivity index (χ1) is 10.9. The number of likely N-dealkylation sites (tertiary alicyclic amines) is 2.